The van der Waals surface area contributed by atoms with E-state index >= 15 is 0 Å². The van der Waals surface area contributed by atoms with Crippen LogP contribution in [0, 0.1) is 0 Å². The van der Waals surface area contributed by atoms with Gasteiger partial charge in [-0.2, -0.15) is 5.10 Å². The van der Waals surface area contributed by atoms with Crippen LogP contribution in [0.25, 0.3) is 0 Å². The summed E-state index contributed by atoms with van der Waals surface area (Å²) >= 11 is 0. The second-order valence-electron chi connectivity index (χ2n) is 3.28. The fourth-order valence-electron chi connectivity index (χ4n) is 1.36. The molecule has 0 aliphatic carbocycles. The molecule has 0 radical (unpaired) electrons. The highest BCUT2D eigenvalue weighted by molar-refractivity contribution is 5.64. The number of nitrogens with zero attached hydrogens (tertiary/aromatic N) is 2. The molecule has 0 aliphatic rings. The molecule has 0 bridgehead atoms. The fraction of sp³-hybridized carbons (Fsp3) is 0.600. The van der Waals surface area contributed by atoms with Crippen molar-refractivity contribution in [2.24, 2.45) is 0 Å². The van der Waals surface area contributed by atoms with Crippen molar-refractivity contribution in [1.82, 2.24) is 9.78 Å². The molecule has 0 unspecified atom stereocenters. The Balaban J connectivity index is 2.71. The maximum Gasteiger partial charge on any atom is 0.511 e. The number of anilines is 1. The standard InChI is InChI=1S/C10H17N3O5/c1-3-16-8(17-4-2)6-13-9(11)7(5-12-13)18-10(14)15/h5,8H,3-4,6,11H2,1-2H3,(H,14,15). The van der Waals surface area contributed by atoms with Crippen molar-refractivity contribution in [3.05, 3.63) is 6.20 Å². The SMILES string of the molecule is CCOC(Cn1ncc(OC(=O)O)c1N)OCC. The first-order valence-corrected chi connectivity index (χ1v) is 5.53. The van der Waals surface area contributed by atoms with Crippen molar-refractivity contribution in [1.29, 1.82) is 0 Å². The van der Waals surface area contributed by atoms with E-state index in [-0.39, 0.29) is 18.1 Å². The quantitative estimate of drug-likeness (QED) is 0.553. The number of nitrogens with two attached hydrogens (primary N) is 1. The lowest BCUT2D eigenvalue weighted by molar-refractivity contribution is -0.144. The average molecular weight is 259 g/mol. The van der Waals surface area contributed by atoms with Gasteiger partial charge in [0.25, 0.3) is 0 Å². The van der Waals surface area contributed by atoms with Gasteiger partial charge in [0.2, 0.25) is 0 Å². The van der Waals surface area contributed by atoms with Gasteiger partial charge in [-0.15, -0.1) is 0 Å². The largest absolute Gasteiger partial charge is 0.511 e. The number of hydrogen-bond donors (Lipinski definition) is 2. The Hall–Kier alpha value is -1.80. The lowest BCUT2D eigenvalue weighted by Crippen LogP contribution is -2.25. The number of carboxylic acid groups (broad SMARTS) is 1. The summed E-state index contributed by atoms with van der Waals surface area (Å²) in [5, 5.41) is 12.4. The van der Waals surface area contributed by atoms with Crippen LogP contribution in [-0.2, 0) is 16.0 Å². The molecule has 0 spiro atoms. The lowest BCUT2D eigenvalue weighted by atomic mass is 10.5. The van der Waals surface area contributed by atoms with E-state index in [1.54, 1.807) is 0 Å². The molecule has 3 N–H and O–H groups in total. The molecule has 18 heavy (non-hydrogen) atoms. The minimum Gasteiger partial charge on any atom is -0.449 e. The van der Waals surface area contributed by atoms with Gasteiger partial charge < -0.3 is 25.1 Å². The molecule has 0 amide bonds. The molecule has 0 atom stereocenters. The highest BCUT2D eigenvalue weighted by atomic mass is 16.7. The number of carbonyl (C=O) groups is 1. The van der Waals surface area contributed by atoms with Gasteiger partial charge in [0.15, 0.2) is 17.9 Å². The highest BCUT2D eigenvalue weighted by Crippen LogP contribution is 2.21. The second-order valence-corrected chi connectivity index (χ2v) is 3.28. The van der Waals surface area contributed by atoms with Crippen LogP contribution in [-0.4, -0.2) is 40.5 Å². The number of nitrogen functional groups attached to an aromatic ring is 1. The van der Waals surface area contributed by atoms with Gasteiger partial charge in [0.05, 0.1) is 12.7 Å². The number of ether oxygens (including phenoxy) is 3. The molecule has 8 heteroatoms. The van der Waals surface area contributed by atoms with E-state index in [1.807, 2.05) is 13.8 Å². The Kier molecular flexibility index (Phi) is 5.40. The third kappa shape index (κ3) is 3.90. The summed E-state index contributed by atoms with van der Waals surface area (Å²) in [7, 11) is 0. The van der Waals surface area contributed by atoms with Gasteiger partial charge in [-0.25, -0.2) is 9.48 Å². The Morgan fingerprint density at radius 3 is 2.61 bits per heavy atom. The van der Waals surface area contributed by atoms with E-state index in [9.17, 15) is 4.79 Å². The smallest absolute Gasteiger partial charge is 0.449 e. The predicted octanol–water partition coefficient (Wildman–Crippen LogP) is 0.921. The van der Waals surface area contributed by atoms with E-state index in [2.05, 4.69) is 9.84 Å². The van der Waals surface area contributed by atoms with Crippen molar-refractivity contribution in [2.75, 3.05) is 18.9 Å². The summed E-state index contributed by atoms with van der Waals surface area (Å²) < 4.78 is 16.5. The Morgan fingerprint density at radius 2 is 2.11 bits per heavy atom. The van der Waals surface area contributed by atoms with Gasteiger partial charge in [0, 0.05) is 13.2 Å². The van der Waals surface area contributed by atoms with Crippen molar-refractivity contribution in [3.63, 3.8) is 0 Å². The highest BCUT2D eigenvalue weighted by Gasteiger charge is 2.16. The normalized spacial score (nSPS) is 10.8. The van der Waals surface area contributed by atoms with E-state index in [4.69, 9.17) is 20.3 Å². The van der Waals surface area contributed by atoms with Crippen LogP contribution >= 0.6 is 0 Å². The topological polar surface area (TPSA) is 109 Å². The van der Waals surface area contributed by atoms with Crippen LogP contribution in [0.4, 0.5) is 10.6 Å². The molecule has 0 saturated carbocycles. The summed E-state index contributed by atoms with van der Waals surface area (Å²) in [5.74, 6) is 0.107. The minimum atomic E-state index is -1.44. The molecule has 0 fully saturated rings. The minimum absolute atomic E-state index is 0.00533. The van der Waals surface area contributed by atoms with Gasteiger partial charge in [-0.1, -0.05) is 0 Å². The average Bonchev–Trinajstić information content (AvgIpc) is 2.62. The molecule has 1 rings (SSSR count). The molecule has 8 nitrogen and oxygen atoms in total. The maximum absolute atomic E-state index is 10.4. The van der Waals surface area contributed by atoms with E-state index in [0.717, 1.165) is 0 Å². The predicted molar refractivity (Wildman–Crippen MR) is 62.3 cm³/mol. The van der Waals surface area contributed by atoms with Crippen molar-refractivity contribution in [2.45, 2.75) is 26.7 Å². The molecule has 102 valence electrons. The van der Waals surface area contributed by atoms with Crippen molar-refractivity contribution >= 4 is 12.0 Å². The molecular formula is C10H17N3O5. The summed E-state index contributed by atoms with van der Waals surface area (Å²) in [6.45, 7) is 4.93. The monoisotopic (exact) mass is 259 g/mol. The number of aromatic nitrogens is 2. The summed E-state index contributed by atoms with van der Waals surface area (Å²) in [4.78, 5) is 10.4. The summed E-state index contributed by atoms with van der Waals surface area (Å²) in [5.41, 5.74) is 5.69. The van der Waals surface area contributed by atoms with Crippen molar-refractivity contribution in [3.8, 4) is 5.75 Å². The van der Waals surface area contributed by atoms with Crippen LogP contribution in [0.2, 0.25) is 0 Å². The van der Waals surface area contributed by atoms with E-state index in [1.165, 1.54) is 10.9 Å². The molecule has 0 saturated heterocycles. The van der Waals surface area contributed by atoms with Crippen LogP contribution in [0.15, 0.2) is 6.20 Å². The van der Waals surface area contributed by atoms with Gasteiger partial charge in [-0.05, 0) is 13.8 Å². The molecule has 1 aromatic heterocycles. The van der Waals surface area contributed by atoms with Crippen LogP contribution in [0.1, 0.15) is 13.8 Å². The van der Waals surface area contributed by atoms with Crippen LogP contribution in [0.5, 0.6) is 5.75 Å². The number of hydrogen-bond acceptors (Lipinski definition) is 6. The van der Waals surface area contributed by atoms with Gasteiger partial charge in [0.1, 0.15) is 0 Å². The first-order valence-electron chi connectivity index (χ1n) is 5.53. The molecule has 0 aromatic carbocycles. The third-order valence-electron chi connectivity index (χ3n) is 2.07. The summed E-state index contributed by atoms with van der Waals surface area (Å²) in [6, 6.07) is 0. The van der Waals surface area contributed by atoms with Gasteiger partial charge in [-0.3, -0.25) is 0 Å². The molecular weight excluding hydrogens is 242 g/mol. The van der Waals surface area contributed by atoms with E-state index in [0.29, 0.717) is 13.2 Å². The van der Waals surface area contributed by atoms with E-state index < -0.39 is 12.4 Å². The second kappa shape index (κ2) is 6.82. The fourth-order valence-corrected chi connectivity index (χ4v) is 1.36. The first-order chi connectivity index (χ1) is 8.58. The van der Waals surface area contributed by atoms with Gasteiger partial charge >= 0.3 is 6.16 Å². The summed E-state index contributed by atoms with van der Waals surface area (Å²) in [6.07, 6.45) is -0.689. The zero-order valence-electron chi connectivity index (χ0n) is 10.3. The maximum atomic E-state index is 10.4. The van der Waals surface area contributed by atoms with Crippen LogP contribution in [0.3, 0.4) is 0 Å². The Morgan fingerprint density at radius 1 is 1.50 bits per heavy atom. The zero-order valence-corrected chi connectivity index (χ0v) is 10.3. The number of rotatable bonds is 7. The molecule has 1 heterocycles. The zero-order chi connectivity index (χ0) is 13.5. The Labute approximate surface area is 104 Å². The molecule has 1 aromatic rings. The molecule has 0 aliphatic heterocycles. The lowest BCUT2D eigenvalue weighted by Gasteiger charge is -2.17. The Bertz CT molecular complexity index is 387. The third-order valence-corrected chi connectivity index (χ3v) is 2.07. The van der Waals surface area contributed by atoms with Crippen molar-refractivity contribution < 1.29 is 24.1 Å². The van der Waals surface area contributed by atoms with Crippen LogP contribution < -0.4 is 10.5 Å². The first kappa shape index (κ1) is 14.3.